The zero-order valence-corrected chi connectivity index (χ0v) is 20.2. The summed E-state index contributed by atoms with van der Waals surface area (Å²) >= 11 is 12.4. The number of hydrogen-bond acceptors (Lipinski definition) is 5. The predicted molar refractivity (Wildman–Crippen MR) is 132 cm³/mol. The first kappa shape index (κ1) is 24.6. The van der Waals surface area contributed by atoms with Gasteiger partial charge in [0.1, 0.15) is 23.1 Å². The second-order valence-corrected chi connectivity index (χ2v) is 8.40. The number of methoxy groups -OCH3 is 1. The van der Waals surface area contributed by atoms with E-state index in [0.29, 0.717) is 17.4 Å². The number of carbonyl (C=O) groups excluding carboxylic acids is 2. The molecule has 0 radical (unpaired) electrons. The molecule has 180 valence electrons. The molecule has 1 atom stereocenters. The summed E-state index contributed by atoms with van der Waals surface area (Å²) in [7, 11) is 1.44. The molecule has 1 fully saturated rings. The van der Waals surface area contributed by atoms with Gasteiger partial charge < -0.3 is 14.6 Å². The first-order valence-electron chi connectivity index (χ1n) is 10.6. The molecule has 35 heavy (non-hydrogen) atoms. The van der Waals surface area contributed by atoms with Gasteiger partial charge in [-0.05, 0) is 49.4 Å². The Morgan fingerprint density at radius 3 is 2.43 bits per heavy atom. The van der Waals surface area contributed by atoms with Crippen molar-refractivity contribution in [1.82, 2.24) is 0 Å². The Morgan fingerprint density at radius 2 is 1.77 bits per heavy atom. The van der Waals surface area contributed by atoms with Gasteiger partial charge in [-0.15, -0.1) is 0 Å². The molecule has 1 aliphatic rings. The maximum Gasteiger partial charge on any atom is 0.300 e. The lowest BCUT2D eigenvalue weighted by atomic mass is 9.94. The molecule has 0 bridgehead atoms. The van der Waals surface area contributed by atoms with Gasteiger partial charge in [0.2, 0.25) is 0 Å². The van der Waals surface area contributed by atoms with Crippen LogP contribution in [0.3, 0.4) is 0 Å². The van der Waals surface area contributed by atoms with Crippen LogP contribution < -0.4 is 14.4 Å². The van der Waals surface area contributed by atoms with E-state index < -0.39 is 29.3 Å². The number of ether oxygens (including phenoxy) is 2. The average Bonchev–Trinajstić information content (AvgIpc) is 3.10. The number of carbonyl (C=O) groups is 2. The van der Waals surface area contributed by atoms with Crippen molar-refractivity contribution >= 4 is 46.3 Å². The fourth-order valence-electron chi connectivity index (χ4n) is 3.97. The SMILES string of the molecule is CCOc1cc(/C(O)=C2\C(=O)C(=O)N(c3ccc(OC)c(Cl)c3)C2c2ccccc2F)ccc1Cl. The first-order chi connectivity index (χ1) is 16.8. The fraction of sp³-hybridized carbons (Fsp3) is 0.154. The van der Waals surface area contributed by atoms with Gasteiger partial charge in [0.25, 0.3) is 11.7 Å². The number of aliphatic hydroxyl groups is 1. The summed E-state index contributed by atoms with van der Waals surface area (Å²) in [5.41, 5.74) is 0.164. The molecule has 6 nitrogen and oxygen atoms in total. The van der Waals surface area contributed by atoms with E-state index in [4.69, 9.17) is 32.7 Å². The summed E-state index contributed by atoms with van der Waals surface area (Å²) in [4.78, 5) is 27.6. The normalized spacial score (nSPS) is 17.1. The van der Waals surface area contributed by atoms with E-state index in [-0.39, 0.29) is 33.2 Å². The van der Waals surface area contributed by atoms with Crippen molar-refractivity contribution in [2.75, 3.05) is 18.6 Å². The second-order valence-electron chi connectivity index (χ2n) is 7.59. The van der Waals surface area contributed by atoms with Gasteiger partial charge in [-0.2, -0.15) is 0 Å². The molecular weight excluding hydrogens is 496 g/mol. The predicted octanol–water partition coefficient (Wildman–Crippen LogP) is 6.17. The van der Waals surface area contributed by atoms with Crippen molar-refractivity contribution in [3.63, 3.8) is 0 Å². The van der Waals surface area contributed by atoms with E-state index in [1.807, 2.05) is 0 Å². The van der Waals surface area contributed by atoms with Gasteiger partial charge in [0.15, 0.2) is 0 Å². The van der Waals surface area contributed by atoms with E-state index in [1.54, 1.807) is 13.0 Å². The number of anilines is 1. The number of hydrogen-bond donors (Lipinski definition) is 1. The highest BCUT2D eigenvalue weighted by Crippen LogP contribution is 2.44. The highest BCUT2D eigenvalue weighted by molar-refractivity contribution is 6.52. The maximum absolute atomic E-state index is 15.0. The minimum Gasteiger partial charge on any atom is -0.507 e. The smallest absolute Gasteiger partial charge is 0.300 e. The van der Waals surface area contributed by atoms with E-state index in [2.05, 4.69) is 0 Å². The lowest BCUT2D eigenvalue weighted by Gasteiger charge is -2.26. The lowest BCUT2D eigenvalue weighted by molar-refractivity contribution is -0.132. The van der Waals surface area contributed by atoms with E-state index in [9.17, 15) is 14.7 Å². The Bertz CT molecular complexity index is 1360. The Balaban J connectivity index is 1.95. The summed E-state index contributed by atoms with van der Waals surface area (Å²) in [5, 5.41) is 11.7. The average molecular weight is 516 g/mol. The zero-order valence-electron chi connectivity index (χ0n) is 18.7. The van der Waals surface area contributed by atoms with Gasteiger partial charge in [0.05, 0.1) is 35.4 Å². The fourth-order valence-corrected chi connectivity index (χ4v) is 4.39. The van der Waals surface area contributed by atoms with Crippen LogP contribution >= 0.6 is 23.2 Å². The summed E-state index contributed by atoms with van der Waals surface area (Å²) in [6.45, 7) is 2.09. The molecule has 3 aromatic carbocycles. The summed E-state index contributed by atoms with van der Waals surface area (Å²) in [5.74, 6) is -2.41. The highest BCUT2D eigenvalue weighted by atomic mass is 35.5. The second kappa shape index (κ2) is 9.98. The van der Waals surface area contributed by atoms with E-state index >= 15 is 4.39 Å². The molecule has 1 amide bonds. The quantitative estimate of drug-likeness (QED) is 0.241. The van der Waals surface area contributed by atoms with Gasteiger partial charge in [-0.25, -0.2) is 4.39 Å². The zero-order chi connectivity index (χ0) is 25.3. The van der Waals surface area contributed by atoms with Crippen LogP contribution in [-0.4, -0.2) is 30.5 Å². The van der Waals surface area contributed by atoms with Crippen molar-refractivity contribution in [3.05, 3.63) is 93.2 Å². The Labute approximate surface area is 211 Å². The number of benzene rings is 3. The largest absolute Gasteiger partial charge is 0.507 e. The molecule has 0 saturated carbocycles. The molecule has 1 heterocycles. The molecular formula is C26H20Cl2FNO5. The van der Waals surface area contributed by atoms with Crippen LogP contribution in [0.2, 0.25) is 10.0 Å². The number of halogens is 3. The minimum absolute atomic E-state index is 0.0270. The molecule has 4 rings (SSSR count). The van der Waals surface area contributed by atoms with E-state index in [0.717, 1.165) is 4.90 Å². The van der Waals surface area contributed by atoms with Crippen LogP contribution in [0.5, 0.6) is 11.5 Å². The van der Waals surface area contributed by atoms with Gasteiger partial charge >= 0.3 is 0 Å². The molecule has 1 N–H and O–H groups in total. The summed E-state index contributed by atoms with van der Waals surface area (Å²) in [6, 6.07) is 13.4. The van der Waals surface area contributed by atoms with Gasteiger partial charge in [-0.3, -0.25) is 14.5 Å². The third-order valence-electron chi connectivity index (χ3n) is 5.56. The molecule has 0 aliphatic carbocycles. The highest BCUT2D eigenvalue weighted by Gasteiger charge is 2.48. The van der Waals surface area contributed by atoms with Crippen LogP contribution in [0.15, 0.2) is 66.2 Å². The third kappa shape index (κ3) is 4.45. The third-order valence-corrected chi connectivity index (χ3v) is 6.17. The first-order valence-corrected chi connectivity index (χ1v) is 11.4. The monoisotopic (exact) mass is 515 g/mol. The van der Waals surface area contributed by atoms with Crippen molar-refractivity contribution in [1.29, 1.82) is 0 Å². The van der Waals surface area contributed by atoms with Crippen LogP contribution in [0.25, 0.3) is 5.76 Å². The Morgan fingerprint density at radius 1 is 1.03 bits per heavy atom. The van der Waals surface area contributed by atoms with Crippen LogP contribution in [0, 0.1) is 5.82 Å². The minimum atomic E-state index is -1.26. The van der Waals surface area contributed by atoms with Crippen molar-refractivity contribution in [2.24, 2.45) is 0 Å². The topological polar surface area (TPSA) is 76.1 Å². The molecule has 1 saturated heterocycles. The van der Waals surface area contributed by atoms with Crippen molar-refractivity contribution in [2.45, 2.75) is 13.0 Å². The molecule has 3 aromatic rings. The van der Waals surface area contributed by atoms with Crippen LogP contribution in [0.1, 0.15) is 24.1 Å². The number of ketones is 1. The molecule has 9 heteroatoms. The number of aliphatic hydroxyl groups excluding tert-OH is 1. The maximum atomic E-state index is 15.0. The number of Topliss-reactive ketones (excluding diaryl/α,β-unsaturated/α-hetero) is 1. The Hall–Kier alpha value is -3.55. The summed E-state index contributed by atoms with van der Waals surface area (Å²) in [6.07, 6.45) is 0. The van der Waals surface area contributed by atoms with Crippen molar-refractivity contribution < 1.29 is 28.6 Å². The molecule has 1 aliphatic heterocycles. The summed E-state index contributed by atoms with van der Waals surface area (Å²) < 4.78 is 25.6. The standard InChI is InChI=1S/C26H20Cl2FNO5/c1-3-35-21-12-14(8-10-17(21)27)24(31)22-23(16-6-4-5-7-19(16)29)30(26(33)25(22)32)15-9-11-20(34-2)18(28)13-15/h4-13,23,31H,3H2,1-2H3/b24-22+. The van der Waals surface area contributed by atoms with E-state index in [1.165, 1.54) is 61.7 Å². The van der Waals surface area contributed by atoms with Crippen molar-refractivity contribution in [3.8, 4) is 11.5 Å². The molecule has 0 spiro atoms. The lowest BCUT2D eigenvalue weighted by Crippen LogP contribution is -2.29. The Kier molecular flexibility index (Phi) is 7.00. The molecule has 0 aromatic heterocycles. The number of amides is 1. The molecule has 1 unspecified atom stereocenters. The van der Waals surface area contributed by atoms with Crippen LogP contribution in [0.4, 0.5) is 10.1 Å². The number of nitrogens with zero attached hydrogens (tertiary/aromatic N) is 1. The van der Waals surface area contributed by atoms with Crippen LogP contribution in [-0.2, 0) is 9.59 Å². The number of rotatable bonds is 6. The van der Waals surface area contributed by atoms with Gasteiger partial charge in [0, 0.05) is 16.8 Å². The van der Waals surface area contributed by atoms with Gasteiger partial charge in [-0.1, -0.05) is 41.4 Å².